The first-order valence-corrected chi connectivity index (χ1v) is 6.08. The lowest BCUT2D eigenvalue weighted by Gasteiger charge is -2.08. The van der Waals surface area contributed by atoms with Gasteiger partial charge in [-0.3, -0.25) is 0 Å². The number of aryl methyl sites for hydroxylation is 1. The van der Waals surface area contributed by atoms with Gasteiger partial charge in [-0.05, 0) is 29.7 Å². The van der Waals surface area contributed by atoms with Crippen molar-refractivity contribution >= 4 is 17.0 Å². The van der Waals surface area contributed by atoms with E-state index in [1.165, 1.54) is 0 Å². The highest BCUT2D eigenvalue weighted by molar-refractivity contribution is 5.87. The Labute approximate surface area is 107 Å². The summed E-state index contributed by atoms with van der Waals surface area (Å²) in [4.78, 5) is 0. The van der Waals surface area contributed by atoms with Crippen molar-refractivity contribution in [2.75, 3.05) is 14.1 Å². The molecule has 0 aliphatic carbocycles. The van der Waals surface area contributed by atoms with Crippen molar-refractivity contribution < 1.29 is 5.11 Å². The van der Waals surface area contributed by atoms with Gasteiger partial charge in [-0.25, -0.2) is 0 Å². The number of hydrazone groups is 1. The first-order valence-electron chi connectivity index (χ1n) is 6.08. The number of fused-ring (bicyclic) bond motifs is 1. The van der Waals surface area contributed by atoms with E-state index in [0.29, 0.717) is 5.75 Å². The molecule has 0 aromatic heterocycles. The van der Waals surface area contributed by atoms with Crippen molar-refractivity contribution in [3.63, 3.8) is 0 Å². The van der Waals surface area contributed by atoms with Gasteiger partial charge < -0.3 is 10.1 Å². The third-order valence-electron chi connectivity index (χ3n) is 2.85. The molecular formula is C15H18N2O. The van der Waals surface area contributed by atoms with E-state index in [-0.39, 0.29) is 0 Å². The minimum atomic E-state index is 0.368. The van der Waals surface area contributed by atoms with Crippen LogP contribution in [0.4, 0.5) is 0 Å². The predicted molar refractivity (Wildman–Crippen MR) is 76.1 cm³/mol. The van der Waals surface area contributed by atoms with Crippen LogP contribution in [0.2, 0.25) is 0 Å². The Bertz CT molecular complexity index is 561. The maximum atomic E-state index is 9.96. The maximum absolute atomic E-state index is 9.96. The number of hydrogen-bond donors (Lipinski definition) is 1. The van der Waals surface area contributed by atoms with E-state index in [4.69, 9.17) is 0 Å². The van der Waals surface area contributed by atoms with E-state index >= 15 is 0 Å². The molecule has 2 aromatic carbocycles. The summed E-state index contributed by atoms with van der Waals surface area (Å²) in [5.41, 5.74) is 0.998. The van der Waals surface area contributed by atoms with Crippen molar-refractivity contribution in [3.05, 3.63) is 42.0 Å². The predicted octanol–water partition coefficient (Wildman–Crippen LogP) is 3.03. The Kier molecular flexibility index (Phi) is 3.82. The molecule has 0 atom stereocenters. The lowest BCUT2D eigenvalue weighted by atomic mass is 10.00. The van der Waals surface area contributed by atoms with Gasteiger partial charge in [0.05, 0.1) is 0 Å². The molecule has 94 valence electrons. The van der Waals surface area contributed by atoms with Crippen molar-refractivity contribution in [2.45, 2.75) is 12.8 Å². The Balaban J connectivity index is 2.24. The monoisotopic (exact) mass is 242 g/mol. The van der Waals surface area contributed by atoms with Gasteiger partial charge in [-0.1, -0.05) is 30.3 Å². The molecule has 0 aliphatic rings. The molecule has 1 N–H and O–H groups in total. The molecule has 3 heteroatoms. The van der Waals surface area contributed by atoms with Gasteiger partial charge in [0.1, 0.15) is 5.75 Å². The minimum absolute atomic E-state index is 0.368. The standard InChI is InChI=1S/C15H18N2O/c1-17(2)16-11-5-8-14-13-7-4-3-6-12(13)9-10-15(14)18/h3-4,6-7,9-11,18H,5,8H2,1-2H3/b16-11+. The third-order valence-corrected chi connectivity index (χ3v) is 2.85. The highest BCUT2D eigenvalue weighted by Crippen LogP contribution is 2.27. The van der Waals surface area contributed by atoms with Crippen LogP contribution in [0.25, 0.3) is 10.8 Å². The topological polar surface area (TPSA) is 35.8 Å². The number of phenols is 1. The zero-order valence-corrected chi connectivity index (χ0v) is 10.8. The van der Waals surface area contributed by atoms with Crippen LogP contribution < -0.4 is 0 Å². The summed E-state index contributed by atoms with van der Waals surface area (Å²) in [6.07, 6.45) is 3.49. The SMILES string of the molecule is CN(C)/N=C/CCc1c(O)ccc2ccccc12. The second-order valence-electron chi connectivity index (χ2n) is 4.47. The van der Waals surface area contributed by atoms with E-state index in [9.17, 15) is 5.11 Å². The van der Waals surface area contributed by atoms with Gasteiger partial charge in [-0.2, -0.15) is 5.10 Å². The molecule has 0 saturated heterocycles. The minimum Gasteiger partial charge on any atom is -0.508 e. The van der Waals surface area contributed by atoms with E-state index in [1.54, 1.807) is 11.1 Å². The lowest BCUT2D eigenvalue weighted by molar-refractivity contribution is 0.439. The summed E-state index contributed by atoms with van der Waals surface area (Å²) >= 11 is 0. The third kappa shape index (κ3) is 2.80. The molecule has 0 spiro atoms. The number of hydrogen-bond acceptors (Lipinski definition) is 3. The summed E-state index contributed by atoms with van der Waals surface area (Å²) in [6, 6.07) is 11.8. The molecule has 0 fully saturated rings. The smallest absolute Gasteiger partial charge is 0.119 e. The molecule has 2 rings (SSSR count). The van der Waals surface area contributed by atoms with Crippen molar-refractivity contribution in [1.29, 1.82) is 0 Å². The molecule has 2 aromatic rings. The molecule has 3 nitrogen and oxygen atoms in total. The highest BCUT2D eigenvalue weighted by Gasteiger charge is 2.05. The van der Waals surface area contributed by atoms with Gasteiger partial charge in [-0.15, -0.1) is 0 Å². The number of phenolic OH excluding ortho intramolecular Hbond substituents is 1. The first-order chi connectivity index (χ1) is 8.68. The molecule has 0 amide bonds. The van der Waals surface area contributed by atoms with Crippen LogP contribution in [0, 0.1) is 0 Å². The van der Waals surface area contributed by atoms with E-state index in [1.807, 2.05) is 44.6 Å². The van der Waals surface area contributed by atoms with Gasteiger partial charge >= 0.3 is 0 Å². The Morgan fingerprint density at radius 3 is 2.72 bits per heavy atom. The van der Waals surface area contributed by atoms with Crippen LogP contribution in [0.5, 0.6) is 5.75 Å². The largest absolute Gasteiger partial charge is 0.508 e. The molecule has 0 radical (unpaired) electrons. The van der Waals surface area contributed by atoms with Crippen molar-refractivity contribution in [1.82, 2.24) is 5.01 Å². The van der Waals surface area contributed by atoms with Gasteiger partial charge in [0.15, 0.2) is 0 Å². The first kappa shape index (κ1) is 12.4. The number of rotatable bonds is 4. The van der Waals surface area contributed by atoms with Crippen LogP contribution in [-0.2, 0) is 6.42 Å². The fourth-order valence-corrected chi connectivity index (χ4v) is 2.02. The molecule has 18 heavy (non-hydrogen) atoms. The van der Waals surface area contributed by atoms with Crippen molar-refractivity contribution in [3.8, 4) is 5.75 Å². The van der Waals surface area contributed by atoms with Crippen LogP contribution >= 0.6 is 0 Å². The summed E-state index contributed by atoms with van der Waals surface area (Å²) in [7, 11) is 3.79. The average Bonchev–Trinajstić information content (AvgIpc) is 2.36. The molecule has 0 bridgehead atoms. The Morgan fingerprint density at radius 2 is 1.94 bits per heavy atom. The summed E-state index contributed by atoms with van der Waals surface area (Å²) in [5, 5.41) is 18.2. The Hall–Kier alpha value is -2.03. The number of nitrogens with zero attached hydrogens (tertiary/aromatic N) is 2. The number of aromatic hydroxyl groups is 1. The Morgan fingerprint density at radius 1 is 1.17 bits per heavy atom. The second kappa shape index (κ2) is 5.54. The zero-order chi connectivity index (χ0) is 13.0. The second-order valence-corrected chi connectivity index (χ2v) is 4.47. The van der Waals surface area contributed by atoms with Crippen LogP contribution in [0.3, 0.4) is 0 Å². The maximum Gasteiger partial charge on any atom is 0.119 e. The molecule has 0 heterocycles. The number of benzene rings is 2. The van der Waals surface area contributed by atoms with Gasteiger partial charge in [0.2, 0.25) is 0 Å². The average molecular weight is 242 g/mol. The quantitative estimate of drug-likeness (QED) is 0.660. The fourth-order valence-electron chi connectivity index (χ4n) is 2.02. The normalized spacial score (nSPS) is 11.2. The summed E-state index contributed by atoms with van der Waals surface area (Å²) in [6.45, 7) is 0. The summed E-state index contributed by atoms with van der Waals surface area (Å²) < 4.78 is 0. The molecular weight excluding hydrogens is 224 g/mol. The van der Waals surface area contributed by atoms with Crippen LogP contribution in [0.1, 0.15) is 12.0 Å². The highest BCUT2D eigenvalue weighted by atomic mass is 16.3. The summed E-state index contributed by atoms with van der Waals surface area (Å²) in [5.74, 6) is 0.368. The van der Waals surface area contributed by atoms with Crippen LogP contribution in [-0.4, -0.2) is 30.4 Å². The lowest BCUT2D eigenvalue weighted by Crippen LogP contribution is -2.01. The van der Waals surface area contributed by atoms with Crippen molar-refractivity contribution in [2.24, 2.45) is 5.10 Å². The van der Waals surface area contributed by atoms with Crippen LogP contribution in [0.15, 0.2) is 41.5 Å². The molecule has 0 aliphatic heterocycles. The van der Waals surface area contributed by atoms with E-state index < -0.39 is 0 Å². The van der Waals surface area contributed by atoms with Gasteiger partial charge in [0.25, 0.3) is 0 Å². The molecule has 0 saturated carbocycles. The molecule has 0 unspecified atom stereocenters. The van der Waals surface area contributed by atoms with Gasteiger partial charge in [0, 0.05) is 25.9 Å². The zero-order valence-electron chi connectivity index (χ0n) is 10.8. The fraction of sp³-hybridized carbons (Fsp3) is 0.267. The van der Waals surface area contributed by atoms with E-state index in [0.717, 1.165) is 29.2 Å². The van der Waals surface area contributed by atoms with E-state index in [2.05, 4.69) is 11.2 Å².